The van der Waals surface area contributed by atoms with Gasteiger partial charge in [-0.25, -0.2) is 0 Å². The van der Waals surface area contributed by atoms with Gasteiger partial charge in [0.2, 0.25) is 0 Å². The third-order valence-electron chi connectivity index (χ3n) is 3.15. The standard InChI is InChI=1S/C15H15BrO2S/c1-10-4-2-3-5-11(10)6-12(15(17)18)7-14-8-13(16)9-19-14/h2-5,8-9,12H,6-7H2,1H3,(H,17,18). The minimum absolute atomic E-state index is 0.369. The first-order valence-electron chi connectivity index (χ1n) is 6.06. The largest absolute Gasteiger partial charge is 0.481 e. The molecule has 0 fully saturated rings. The zero-order valence-corrected chi connectivity index (χ0v) is 13.0. The van der Waals surface area contributed by atoms with Gasteiger partial charge in [0.1, 0.15) is 0 Å². The van der Waals surface area contributed by atoms with Crippen molar-refractivity contribution in [3.63, 3.8) is 0 Å². The van der Waals surface area contributed by atoms with Crippen molar-refractivity contribution >= 4 is 33.2 Å². The van der Waals surface area contributed by atoms with Gasteiger partial charge in [-0.3, -0.25) is 4.79 Å². The Kier molecular flexibility index (Phi) is 4.77. The van der Waals surface area contributed by atoms with Crippen LogP contribution in [0.25, 0.3) is 0 Å². The van der Waals surface area contributed by atoms with Gasteiger partial charge in [0.05, 0.1) is 5.92 Å². The third kappa shape index (κ3) is 3.91. The Labute approximate surface area is 125 Å². The molecule has 0 aliphatic carbocycles. The molecule has 0 aliphatic heterocycles. The van der Waals surface area contributed by atoms with Crippen LogP contribution in [0.15, 0.2) is 40.2 Å². The molecular weight excluding hydrogens is 324 g/mol. The van der Waals surface area contributed by atoms with Crippen molar-refractivity contribution in [2.45, 2.75) is 19.8 Å². The second-order valence-corrected chi connectivity index (χ2v) is 6.51. The predicted octanol–water partition coefficient (Wildman–Crippen LogP) is 4.31. The fourth-order valence-electron chi connectivity index (χ4n) is 2.06. The van der Waals surface area contributed by atoms with Crippen LogP contribution in [0.3, 0.4) is 0 Å². The molecule has 1 heterocycles. The molecule has 100 valence electrons. The van der Waals surface area contributed by atoms with E-state index in [1.165, 1.54) is 0 Å². The number of thiophene rings is 1. The van der Waals surface area contributed by atoms with Crippen molar-refractivity contribution in [1.29, 1.82) is 0 Å². The topological polar surface area (TPSA) is 37.3 Å². The van der Waals surface area contributed by atoms with Gasteiger partial charge in [0, 0.05) is 14.7 Å². The molecule has 0 amide bonds. The van der Waals surface area contributed by atoms with Crippen molar-refractivity contribution in [3.05, 3.63) is 56.2 Å². The molecule has 1 aromatic heterocycles. The number of carboxylic acid groups (broad SMARTS) is 1. The molecule has 0 saturated carbocycles. The lowest BCUT2D eigenvalue weighted by Crippen LogP contribution is -2.19. The van der Waals surface area contributed by atoms with E-state index in [9.17, 15) is 9.90 Å². The highest BCUT2D eigenvalue weighted by Crippen LogP contribution is 2.24. The molecule has 0 radical (unpaired) electrons. The number of halogens is 1. The zero-order valence-electron chi connectivity index (χ0n) is 10.6. The first-order chi connectivity index (χ1) is 9.06. The molecule has 2 aromatic rings. The maximum atomic E-state index is 11.4. The van der Waals surface area contributed by atoms with Gasteiger partial charge in [-0.05, 0) is 52.9 Å². The van der Waals surface area contributed by atoms with Crippen LogP contribution >= 0.6 is 27.3 Å². The van der Waals surface area contributed by atoms with E-state index < -0.39 is 5.97 Å². The molecule has 0 aliphatic rings. The van der Waals surface area contributed by atoms with E-state index in [4.69, 9.17) is 0 Å². The summed E-state index contributed by atoms with van der Waals surface area (Å²) in [5, 5.41) is 11.4. The van der Waals surface area contributed by atoms with E-state index >= 15 is 0 Å². The highest BCUT2D eigenvalue weighted by Gasteiger charge is 2.20. The van der Waals surface area contributed by atoms with Gasteiger partial charge in [0.25, 0.3) is 0 Å². The first-order valence-corrected chi connectivity index (χ1v) is 7.73. The van der Waals surface area contributed by atoms with E-state index in [1.807, 2.05) is 42.6 Å². The van der Waals surface area contributed by atoms with Gasteiger partial charge < -0.3 is 5.11 Å². The Bertz CT molecular complexity index is 577. The monoisotopic (exact) mass is 338 g/mol. The molecule has 0 bridgehead atoms. The van der Waals surface area contributed by atoms with Crippen LogP contribution in [0, 0.1) is 12.8 Å². The lowest BCUT2D eigenvalue weighted by Gasteiger charge is -2.13. The summed E-state index contributed by atoms with van der Waals surface area (Å²) >= 11 is 5.00. The van der Waals surface area contributed by atoms with Crippen molar-refractivity contribution < 1.29 is 9.90 Å². The fraction of sp³-hybridized carbons (Fsp3) is 0.267. The number of rotatable bonds is 5. The summed E-state index contributed by atoms with van der Waals surface area (Å²) < 4.78 is 1.02. The van der Waals surface area contributed by atoms with E-state index in [-0.39, 0.29) is 5.92 Å². The van der Waals surface area contributed by atoms with Crippen molar-refractivity contribution in [2.24, 2.45) is 5.92 Å². The highest BCUT2D eigenvalue weighted by molar-refractivity contribution is 9.10. The average molecular weight is 339 g/mol. The van der Waals surface area contributed by atoms with E-state index in [0.29, 0.717) is 12.8 Å². The van der Waals surface area contributed by atoms with Gasteiger partial charge in [-0.2, -0.15) is 0 Å². The maximum absolute atomic E-state index is 11.4. The summed E-state index contributed by atoms with van der Waals surface area (Å²) in [5.41, 5.74) is 2.27. The van der Waals surface area contributed by atoms with E-state index in [2.05, 4.69) is 15.9 Å². The second kappa shape index (κ2) is 6.35. The molecule has 19 heavy (non-hydrogen) atoms. The lowest BCUT2D eigenvalue weighted by molar-refractivity contribution is -0.141. The van der Waals surface area contributed by atoms with Gasteiger partial charge >= 0.3 is 5.97 Å². The van der Waals surface area contributed by atoms with Crippen molar-refractivity contribution in [3.8, 4) is 0 Å². The molecule has 4 heteroatoms. The molecule has 1 N–H and O–H groups in total. The van der Waals surface area contributed by atoms with Crippen LogP contribution in [0.4, 0.5) is 0 Å². The van der Waals surface area contributed by atoms with Gasteiger partial charge in [0.15, 0.2) is 0 Å². The van der Waals surface area contributed by atoms with E-state index in [0.717, 1.165) is 20.5 Å². The number of aryl methyl sites for hydroxylation is 1. The number of benzene rings is 1. The van der Waals surface area contributed by atoms with Crippen molar-refractivity contribution in [2.75, 3.05) is 0 Å². The minimum Gasteiger partial charge on any atom is -0.481 e. The SMILES string of the molecule is Cc1ccccc1CC(Cc1cc(Br)cs1)C(=O)O. The molecule has 0 spiro atoms. The van der Waals surface area contributed by atoms with Crippen LogP contribution in [0.5, 0.6) is 0 Å². The molecule has 1 atom stereocenters. The van der Waals surface area contributed by atoms with Crippen LogP contribution in [0.1, 0.15) is 16.0 Å². The number of aliphatic carboxylic acids is 1. The molecule has 2 nitrogen and oxygen atoms in total. The lowest BCUT2D eigenvalue weighted by atomic mass is 9.93. The normalized spacial score (nSPS) is 12.3. The van der Waals surface area contributed by atoms with E-state index in [1.54, 1.807) is 11.3 Å². The van der Waals surface area contributed by atoms with Crippen LogP contribution < -0.4 is 0 Å². The zero-order chi connectivity index (χ0) is 13.8. The third-order valence-corrected chi connectivity index (χ3v) is 4.87. The van der Waals surface area contributed by atoms with Crippen molar-refractivity contribution in [1.82, 2.24) is 0 Å². The summed E-state index contributed by atoms with van der Waals surface area (Å²) in [6, 6.07) is 9.97. The number of hydrogen-bond acceptors (Lipinski definition) is 2. The molecular formula is C15H15BrO2S. The quantitative estimate of drug-likeness (QED) is 0.882. The van der Waals surface area contributed by atoms with Gasteiger partial charge in [-0.15, -0.1) is 11.3 Å². The Balaban J connectivity index is 2.13. The van der Waals surface area contributed by atoms with Crippen LogP contribution in [-0.2, 0) is 17.6 Å². The number of carboxylic acids is 1. The predicted molar refractivity (Wildman–Crippen MR) is 81.7 cm³/mol. The molecule has 2 rings (SSSR count). The average Bonchev–Trinajstić information content (AvgIpc) is 2.76. The summed E-state index contributed by atoms with van der Waals surface area (Å²) in [6.45, 7) is 2.02. The molecule has 0 saturated heterocycles. The first kappa shape index (κ1) is 14.3. The number of carbonyl (C=O) groups is 1. The summed E-state index contributed by atoms with van der Waals surface area (Å²) in [5.74, 6) is -1.10. The summed E-state index contributed by atoms with van der Waals surface area (Å²) in [7, 11) is 0. The van der Waals surface area contributed by atoms with Crippen LogP contribution in [0.2, 0.25) is 0 Å². The maximum Gasteiger partial charge on any atom is 0.307 e. The smallest absolute Gasteiger partial charge is 0.307 e. The second-order valence-electron chi connectivity index (χ2n) is 4.60. The Morgan fingerprint density at radius 1 is 1.37 bits per heavy atom. The Hall–Kier alpha value is -1.13. The number of hydrogen-bond donors (Lipinski definition) is 1. The fourth-order valence-corrected chi connectivity index (χ4v) is 3.59. The van der Waals surface area contributed by atoms with Crippen LogP contribution in [-0.4, -0.2) is 11.1 Å². The minimum atomic E-state index is -0.729. The Morgan fingerprint density at radius 3 is 2.68 bits per heavy atom. The molecule has 1 aromatic carbocycles. The summed E-state index contributed by atoms with van der Waals surface area (Å²) in [4.78, 5) is 12.5. The highest BCUT2D eigenvalue weighted by atomic mass is 79.9. The Morgan fingerprint density at radius 2 is 2.11 bits per heavy atom. The molecule has 1 unspecified atom stereocenters. The van der Waals surface area contributed by atoms with Gasteiger partial charge in [-0.1, -0.05) is 24.3 Å². The summed E-state index contributed by atoms with van der Waals surface area (Å²) in [6.07, 6.45) is 1.16.